The lowest BCUT2D eigenvalue weighted by atomic mass is 10.2. The van der Waals surface area contributed by atoms with Crippen LogP contribution in [0.4, 0.5) is 0 Å². The van der Waals surface area contributed by atoms with Crippen LogP contribution in [0.15, 0.2) is 40.8 Å². The van der Waals surface area contributed by atoms with E-state index in [9.17, 15) is 0 Å². The van der Waals surface area contributed by atoms with Crippen LogP contribution in [0.25, 0.3) is 11.3 Å². The van der Waals surface area contributed by atoms with E-state index in [1.807, 2.05) is 36.4 Å². The maximum atomic E-state index is 5.88. The molecule has 2 N–H and O–H groups in total. The van der Waals surface area contributed by atoms with E-state index in [1.165, 1.54) is 0 Å². The zero-order chi connectivity index (χ0) is 15.1. The number of unbranched alkanes of at least 4 members (excludes halogenated alkanes) is 1. The van der Waals surface area contributed by atoms with Crippen molar-refractivity contribution >= 4 is 28.9 Å². The highest BCUT2D eigenvalue weighted by atomic mass is 35.5. The summed E-state index contributed by atoms with van der Waals surface area (Å²) in [4.78, 5) is 0. The third kappa shape index (κ3) is 5.06. The van der Waals surface area contributed by atoms with E-state index in [4.69, 9.17) is 28.2 Å². The monoisotopic (exact) mass is 322 g/mol. The fourth-order valence-corrected chi connectivity index (χ4v) is 2.15. The first kappa shape index (κ1) is 15.9. The maximum Gasteiger partial charge on any atom is 0.166 e. The van der Waals surface area contributed by atoms with Crippen molar-refractivity contribution in [2.24, 2.45) is 0 Å². The molecule has 2 aromatic rings. The van der Waals surface area contributed by atoms with Crippen molar-refractivity contribution in [3.63, 3.8) is 0 Å². The van der Waals surface area contributed by atoms with Gasteiger partial charge in [-0.3, -0.25) is 0 Å². The van der Waals surface area contributed by atoms with Crippen molar-refractivity contribution < 1.29 is 4.42 Å². The number of hydrogen-bond donors (Lipinski definition) is 2. The van der Waals surface area contributed by atoms with Crippen molar-refractivity contribution in [1.29, 1.82) is 0 Å². The van der Waals surface area contributed by atoms with Crippen molar-refractivity contribution in [3.05, 3.63) is 47.2 Å². The third-order valence-electron chi connectivity index (χ3n) is 3.03. The Hall–Kier alpha value is -1.52. The highest BCUT2D eigenvalue weighted by Gasteiger charge is 2.05. The molecule has 3 nitrogen and oxygen atoms in total. The van der Waals surface area contributed by atoms with Gasteiger partial charge in [-0.25, -0.2) is 0 Å². The summed E-state index contributed by atoms with van der Waals surface area (Å²) in [5, 5.41) is 7.68. The molecule has 0 bridgehead atoms. The molecule has 112 valence electrons. The second kappa shape index (κ2) is 8.05. The van der Waals surface area contributed by atoms with Crippen LogP contribution in [-0.2, 0) is 6.54 Å². The molecule has 2 rings (SSSR count). The summed E-state index contributed by atoms with van der Waals surface area (Å²) in [6.07, 6.45) is 2.27. The molecule has 0 saturated carbocycles. The second-order valence-electron chi connectivity index (χ2n) is 4.74. The van der Waals surface area contributed by atoms with E-state index in [2.05, 4.69) is 17.6 Å². The molecule has 1 aromatic heterocycles. The highest BCUT2D eigenvalue weighted by Crippen LogP contribution is 2.23. The zero-order valence-corrected chi connectivity index (χ0v) is 13.6. The fourth-order valence-electron chi connectivity index (χ4n) is 1.85. The first-order chi connectivity index (χ1) is 10.2. The minimum atomic E-state index is 0.575. The van der Waals surface area contributed by atoms with E-state index >= 15 is 0 Å². The quantitative estimate of drug-likeness (QED) is 0.612. The molecule has 0 atom stereocenters. The van der Waals surface area contributed by atoms with Gasteiger partial charge in [0.2, 0.25) is 0 Å². The van der Waals surface area contributed by atoms with E-state index < -0.39 is 0 Å². The van der Waals surface area contributed by atoms with E-state index in [0.29, 0.717) is 11.7 Å². The van der Waals surface area contributed by atoms with Crippen LogP contribution in [0.5, 0.6) is 0 Å². The number of thiocarbonyl (C=S) groups is 1. The van der Waals surface area contributed by atoms with Crippen LogP contribution in [0.2, 0.25) is 5.02 Å². The largest absolute Gasteiger partial charge is 0.459 e. The molecule has 0 radical (unpaired) electrons. The molecule has 0 aliphatic heterocycles. The lowest BCUT2D eigenvalue weighted by Gasteiger charge is -2.08. The normalized spacial score (nSPS) is 10.4. The van der Waals surface area contributed by atoms with Crippen LogP contribution < -0.4 is 10.6 Å². The Bertz CT molecular complexity index is 580. The summed E-state index contributed by atoms with van der Waals surface area (Å²) in [5.41, 5.74) is 1.01. The van der Waals surface area contributed by atoms with Gasteiger partial charge in [-0.1, -0.05) is 24.9 Å². The van der Waals surface area contributed by atoms with Crippen molar-refractivity contribution in [3.8, 4) is 11.3 Å². The number of furan rings is 1. The Morgan fingerprint density at radius 1 is 1.14 bits per heavy atom. The number of nitrogens with one attached hydrogen (secondary N) is 2. The Balaban J connectivity index is 1.86. The van der Waals surface area contributed by atoms with Gasteiger partial charge in [-0.05, 0) is 55.0 Å². The topological polar surface area (TPSA) is 37.2 Å². The van der Waals surface area contributed by atoms with Gasteiger partial charge in [0.25, 0.3) is 0 Å². The van der Waals surface area contributed by atoms with Crippen molar-refractivity contribution in [2.45, 2.75) is 26.3 Å². The smallest absolute Gasteiger partial charge is 0.166 e. The van der Waals surface area contributed by atoms with Crippen LogP contribution in [0.3, 0.4) is 0 Å². The molecule has 21 heavy (non-hydrogen) atoms. The van der Waals surface area contributed by atoms with Gasteiger partial charge in [-0.2, -0.15) is 0 Å². The molecule has 0 spiro atoms. The predicted molar refractivity (Wildman–Crippen MR) is 91.5 cm³/mol. The Kier molecular flexibility index (Phi) is 6.08. The fraction of sp³-hybridized carbons (Fsp3) is 0.312. The Labute approximate surface area is 135 Å². The van der Waals surface area contributed by atoms with Crippen molar-refractivity contribution in [2.75, 3.05) is 6.54 Å². The van der Waals surface area contributed by atoms with Gasteiger partial charge in [0.1, 0.15) is 11.5 Å². The maximum absolute atomic E-state index is 5.88. The van der Waals surface area contributed by atoms with E-state index in [-0.39, 0.29) is 0 Å². The molecule has 5 heteroatoms. The number of benzene rings is 1. The average molecular weight is 323 g/mol. The van der Waals surface area contributed by atoms with Crippen LogP contribution in [0.1, 0.15) is 25.5 Å². The summed E-state index contributed by atoms with van der Waals surface area (Å²) in [6.45, 7) is 3.63. The molecular formula is C16H19ClN2OS. The molecule has 0 fully saturated rings. The summed E-state index contributed by atoms with van der Waals surface area (Å²) in [6, 6.07) is 11.5. The number of rotatable bonds is 6. The first-order valence-corrected chi connectivity index (χ1v) is 7.84. The summed E-state index contributed by atoms with van der Waals surface area (Å²) in [5.74, 6) is 1.67. The molecular weight excluding hydrogens is 304 g/mol. The van der Waals surface area contributed by atoms with Gasteiger partial charge in [0.05, 0.1) is 6.54 Å². The summed E-state index contributed by atoms with van der Waals surface area (Å²) >= 11 is 11.1. The zero-order valence-electron chi connectivity index (χ0n) is 12.0. The van der Waals surface area contributed by atoms with E-state index in [0.717, 1.165) is 41.5 Å². The Morgan fingerprint density at radius 2 is 1.90 bits per heavy atom. The Morgan fingerprint density at radius 3 is 2.62 bits per heavy atom. The molecule has 0 unspecified atom stereocenters. The van der Waals surface area contributed by atoms with Gasteiger partial charge < -0.3 is 15.1 Å². The average Bonchev–Trinajstić information content (AvgIpc) is 2.95. The molecule has 0 aliphatic rings. The summed E-state index contributed by atoms with van der Waals surface area (Å²) in [7, 11) is 0. The summed E-state index contributed by atoms with van der Waals surface area (Å²) < 4.78 is 5.79. The van der Waals surface area contributed by atoms with Gasteiger partial charge in [0, 0.05) is 17.1 Å². The highest BCUT2D eigenvalue weighted by molar-refractivity contribution is 7.80. The molecule has 0 aliphatic carbocycles. The molecule has 1 aromatic carbocycles. The molecule has 0 amide bonds. The minimum absolute atomic E-state index is 0.575. The second-order valence-corrected chi connectivity index (χ2v) is 5.58. The number of hydrogen-bond acceptors (Lipinski definition) is 2. The predicted octanol–water partition coefficient (Wildman–Crippen LogP) is 4.36. The first-order valence-electron chi connectivity index (χ1n) is 7.05. The lowest BCUT2D eigenvalue weighted by Crippen LogP contribution is -2.35. The van der Waals surface area contributed by atoms with Crippen LogP contribution in [0, 0.1) is 0 Å². The number of halogens is 1. The van der Waals surface area contributed by atoms with Gasteiger partial charge in [-0.15, -0.1) is 0 Å². The lowest BCUT2D eigenvalue weighted by molar-refractivity contribution is 0.514. The van der Waals surface area contributed by atoms with Gasteiger partial charge in [0.15, 0.2) is 5.11 Å². The van der Waals surface area contributed by atoms with Crippen LogP contribution >= 0.6 is 23.8 Å². The molecule has 1 heterocycles. The minimum Gasteiger partial charge on any atom is -0.459 e. The van der Waals surface area contributed by atoms with E-state index in [1.54, 1.807) is 0 Å². The SMILES string of the molecule is CCCCNC(=S)NCc1ccc(-c2ccc(Cl)cc2)o1. The third-order valence-corrected chi connectivity index (χ3v) is 3.57. The standard InChI is InChI=1S/C16H19ClN2OS/c1-2-3-10-18-16(21)19-11-14-8-9-15(20-14)12-4-6-13(17)7-5-12/h4-9H,2-3,10-11H2,1H3,(H2,18,19,21). The van der Waals surface area contributed by atoms with Crippen LogP contribution in [-0.4, -0.2) is 11.7 Å². The van der Waals surface area contributed by atoms with Gasteiger partial charge >= 0.3 is 0 Å². The van der Waals surface area contributed by atoms with Crippen molar-refractivity contribution in [1.82, 2.24) is 10.6 Å². The molecule has 0 saturated heterocycles.